The van der Waals surface area contributed by atoms with E-state index < -0.39 is 10.0 Å². The minimum atomic E-state index is -2.99. The first kappa shape index (κ1) is 15.2. The van der Waals surface area contributed by atoms with E-state index in [1.807, 2.05) is 0 Å². The molecule has 0 aromatic rings. The second-order valence-corrected chi connectivity index (χ2v) is 7.68. The fourth-order valence-corrected chi connectivity index (χ4v) is 3.75. The number of piperazine rings is 1. The minimum absolute atomic E-state index is 0.649. The van der Waals surface area contributed by atoms with Gasteiger partial charge in [0.05, 0.1) is 6.26 Å². The van der Waals surface area contributed by atoms with Gasteiger partial charge in [0.1, 0.15) is 0 Å². The van der Waals surface area contributed by atoms with Gasteiger partial charge in [-0.05, 0) is 38.1 Å². The molecule has 0 unspecified atom stereocenters. The van der Waals surface area contributed by atoms with Gasteiger partial charge in [-0.2, -0.15) is 4.31 Å². The van der Waals surface area contributed by atoms with Crippen molar-refractivity contribution in [2.24, 2.45) is 5.92 Å². The predicted molar refractivity (Wildman–Crippen MR) is 75.6 cm³/mol. The fraction of sp³-hybridized carbons (Fsp3) is 1.00. The van der Waals surface area contributed by atoms with Crippen LogP contribution in [0.4, 0.5) is 0 Å². The molecule has 0 radical (unpaired) electrons. The Morgan fingerprint density at radius 1 is 1.11 bits per heavy atom. The molecule has 2 heterocycles. The third-order valence-electron chi connectivity index (χ3n) is 4.23. The number of hydrogen-bond acceptors (Lipinski definition) is 4. The lowest BCUT2D eigenvalue weighted by Gasteiger charge is -2.33. The van der Waals surface area contributed by atoms with Gasteiger partial charge in [-0.3, -0.25) is 0 Å². The summed E-state index contributed by atoms with van der Waals surface area (Å²) in [6.45, 7) is 6.01. The van der Waals surface area contributed by atoms with Crippen LogP contribution >= 0.6 is 0 Å². The maximum atomic E-state index is 11.4. The molecule has 0 spiro atoms. The van der Waals surface area contributed by atoms with Gasteiger partial charge >= 0.3 is 0 Å². The summed E-state index contributed by atoms with van der Waals surface area (Å²) in [6.07, 6.45) is 6.23. The van der Waals surface area contributed by atoms with Gasteiger partial charge in [-0.15, -0.1) is 0 Å². The zero-order valence-corrected chi connectivity index (χ0v) is 12.7. The second-order valence-electron chi connectivity index (χ2n) is 5.70. The molecule has 0 bridgehead atoms. The van der Waals surface area contributed by atoms with Crippen LogP contribution in [0.15, 0.2) is 0 Å². The monoisotopic (exact) mass is 290 g/mol. The average molecular weight is 290 g/mol. The highest BCUT2D eigenvalue weighted by molar-refractivity contribution is 7.88. The largest absolute Gasteiger partial charge is 0.381 e. The van der Waals surface area contributed by atoms with Crippen molar-refractivity contribution in [2.45, 2.75) is 25.7 Å². The maximum Gasteiger partial charge on any atom is 0.211 e. The molecule has 2 rings (SSSR count). The molecule has 2 aliphatic rings. The average Bonchev–Trinajstić information content (AvgIpc) is 2.39. The molecule has 0 saturated carbocycles. The van der Waals surface area contributed by atoms with Crippen LogP contribution in [0, 0.1) is 5.92 Å². The standard InChI is InChI=1S/C13H26N2O3S/c1-19(16,17)15-9-7-14(8-10-15)6-2-3-13-4-11-18-12-5-13/h13H,2-12H2,1H3. The summed E-state index contributed by atoms with van der Waals surface area (Å²) in [7, 11) is -2.99. The van der Waals surface area contributed by atoms with Crippen molar-refractivity contribution in [3.05, 3.63) is 0 Å². The summed E-state index contributed by atoms with van der Waals surface area (Å²) in [4.78, 5) is 2.39. The summed E-state index contributed by atoms with van der Waals surface area (Å²) < 4.78 is 29.8. The fourth-order valence-electron chi connectivity index (χ4n) is 2.92. The Labute approximate surface area is 117 Å². The van der Waals surface area contributed by atoms with E-state index in [0.717, 1.165) is 38.8 Å². The lowest BCUT2D eigenvalue weighted by atomic mass is 9.95. The Morgan fingerprint density at radius 2 is 1.74 bits per heavy atom. The van der Waals surface area contributed by atoms with Crippen LogP contribution in [0.5, 0.6) is 0 Å². The molecular weight excluding hydrogens is 264 g/mol. The molecule has 0 amide bonds. The molecule has 2 saturated heterocycles. The Hall–Kier alpha value is -0.170. The van der Waals surface area contributed by atoms with Crippen molar-refractivity contribution in [1.29, 1.82) is 0 Å². The van der Waals surface area contributed by atoms with Gasteiger partial charge in [-0.1, -0.05) is 0 Å². The van der Waals surface area contributed by atoms with E-state index in [2.05, 4.69) is 4.90 Å². The van der Waals surface area contributed by atoms with Gasteiger partial charge in [0.15, 0.2) is 0 Å². The first-order valence-electron chi connectivity index (χ1n) is 7.31. The highest BCUT2D eigenvalue weighted by atomic mass is 32.2. The number of rotatable bonds is 5. The van der Waals surface area contributed by atoms with Crippen molar-refractivity contribution in [1.82, 2.24) is 9.21 Å². The molecule has 112 valence electrons. The van der Waals surface area contributed by atoms with Crippen LogP contribution in [-0.4, -0.2) is 69.8 Å². The van der Waals surface area contributed by atoms with E-state index in [1.54, 1.807) is 4.31 Å². The molecule has 0 N–H and O–H groups in total. The van der Waals surface area contributed by atoms with Gasteiger partial charge in [0.2, 0.25) is 10.0 Å². The highest BCUT2D eigenvalue weighted by Crippen LogP contribution is 2.20. The van der Waals surface area contributed by atoms with Gasteiger partial charge in [0, 0.05) is 39.4 Å². The van der Waals surface area contributed by atoms with E-state index in [4.69, 9.17) is 4.74 Å². The van der Waals surface area contributed by atoms with Crippen LogP contribution < -0.4 is 0 Å². The summed E-state index contributed by atoms with van der Waals surface area (Å²) in [5.74, 6) is 0.839. The highest BCUT2D eigenvalue weighted by Gasteiger charge is 2.23. The third-order valence-corrected chi connectivity index (χ3v) is 5.53. The third kappa shape index (κ3) is 5.02. The lowest BCUT2D eigenvalue weighted by molar-refractivity contribution is 0.0618. The molecule has 6 heteroatoms. The topological polar surface area (TPSA) is 49.9 Å². The van der Waals surface area contributed by atoms with Crippen LogP contribution in [-0.2, 0) is 14.8 Å². The molecule has 2 fully saturated rings. The normalized spacial score (nSPS) is 24.7. The summed E-state index contributed by atoms with van der Waals surface area (Å²) in [5.41, 5.74) is 0. The van der Waals surface area contributed by atoms with Crippen LogP contribution in [0.25, 0.3) is 0 Å². The Balaban J connectivity index is 1.60. The SMILES string of the molecule is CS(=O)(=O)N1CCN(CCCC2CCOCC2)CC1. The quantitative estimate of drug-likeness (QED) is 0.750. The Kier molecular flexibility index (Phi) is 5.62. The van der Waals surface area contributed by atoms with E-state index >= 15 is 0 Å². The van der Waals surface area contributed by atoms with Crippen LogP contribution in [0.3, 0.4) is 0 Å². The number of hydrogen-bond donors (Lipinski definition) is 0. The van der Waals surface area contributed by atoms with Crippen LogP contribution in [0.1, 0.15) is 25.7 Å². The molecule has 2 aliphatic heterocycles. The molecular formula is C13H26N2O3S. The van der Waals surface area contributed by atoms with E-state index in [1.165, 1.54) is 31.9 Å². The van der Waals surface area contributed by atoms with Gasteiger partial charge in [0.25, 0.3) is 0 Å². The second kappa shape index (κ2) is 7.02. The van der Waals surface area contributed by atoms with E-state index in [9.17, 15) is 8.42 Å². The summed E-state index contributed by atoms with van der Waals surface area (Å²) in [6, 6.07) is 0. The van der Waals surface area contributed by atoms with Gasteiger partial charge < -0.3 is 9.64 Å². The van der Waals surface area contributed by atoms with E-state index in [0.29, 0.717) is 13.1 Å². The lowest BCUT2D eigenvalue weighted by Crippen LogP contribution is -2.48. The zero-order valence-electron chi connectivity index (χ0n) is 11.9. The summed E-state index contributed by atoms with van der Waals surface area (Å²) in [5, 5.41) is 0. The molecule has 5 nitrogen and oxygen atoms in total. The molecule has 0 atom stereocenters. The maximum absolute atomic E-state index is 11.4. The minimum Gasteiger partial charge on any atom is -0.381 e. The first-order chi connectivity index (χ1) is 9.05. The van der Waals surface area contributed by atoms with E-state index in [-0.39, 0.29) is 0 Å². The van der Waals surface area contributed by atoms with Crippen LogP contribution in [0.2, 0.25) is 0 Å². The van der Waals surface area contributed by atoms with Crippen molar-refractivity contribution < 1.29 is 13.2 Å². The van der Waals surface area contributed by atoms with Gasteiger partial charge in [-0.25, -0.2) is 8.42 Å². The molecule has 19 heavy (non-hydrogen) atoms. The first-order valence-corrected chi connectivity index (χ1v) is 9.16. The number of ether oxygens (including phenoxy) is 1. The Morgan fingerprint density at radius 3 is 2.32 bits per heavy atom. The number of sulfonamides is 1. The smallest absolute Gasteiger partial charge is 0.211 e. The van der Waals surface area contributed by atoms with Crippen molar-refractivity contribution in [3.63, 3.8) is 0 Å². The molecule has 0 aromatic carbocycles. The van der Waals surface area contributed by atoms with Crippen molar-refractivity contribution >= 4 is 10.0 Å². The number of nitrogens with zero attached hydrogens (tertiary/aromatic N) is 2. The zero-order chi connectivity index (χ0) is 13.7. The Bertz CT molecular complexity index is 358. The van der Waals surface area contributed by atoms with Crippen molar-refractivity contribution in [2.75, 3.05) is 52.2 Å². The molecule has 0 aliphatic carbocycles. The van der Waals surface area contributed by atoms with Crippen molar-refractivity contribution in [3.8, 4) is 0 Å². The summed E-state index contributed by atoms with van der Waals surface area (Å²) >= 11 is 0. The predicted octanol–water partition coefficient (Wildman–Crippen LogP) is 0.770. The molecule has 0 aromatic heterocycles.